The second kappa shape index (κ2) is 6.72. The lowest BCUT2D eigenvalue weighted by Gasteiger charge is -2.19. The predicted molar refractivity (Wildman–Crippen MR) is 94.2 cm³/mol. The summed E-state index contributed by atoms with van der Waals surface area (Å²) in [6.45, 7) is 2.90. The first-order valence-corrected chi connectivity index (χ1v) is 7.98. The standard InChI is InChI=1S/C17H18N6O4/c1-17(2,26)12-6-13(16(25)27-4)20-23(15(12)24)11-5-10(7-18-8-11)14-9-19-21-22(14)3/h5-9,26H,1-4H3. The molecule has 0 fully saturated rings. The molecule has 3 rings (SSSR count). The van der Waals surface area contributed by atoms with E-state index >= 15 is 0 Å². The first-order chi connectivity index (χ1) is 12.7. The number of carbonyl (C=O) groups is 1. The first kappa shape index (κ1) is 18.4. The molecule has 27 heavy (non-hydrogen) atoms. The average molecular weight is 370 g/mol. The molecule has 0 aliphatic carbocycles. The summed E-state index contributed by atoms with van der Waals surface area (Å²) in [7, 11) is 2.94. The fraction of sp³-hybridized carbons (Fsp3) is 0.294. The highest BCUT2D eigenvalue weighted by Gasteiger charge is 2.25. The number of aryl methyl sites for hydroxylation is 1. The Kier molecular flexibility index (Phi) is 4.58. The van der Waals surface area contributed by atoms with Crippen molar-refractivity contribution in [2.24, 2.45) is 7.05 Å². The number of carbonyl (C=O) groups excluding carboxylic acids is 1. The number of pyridine rings is 1. The van der Waals surface area contributed by atoms with Crippen molar-refractivity contribution in [1.29, 1.82) is 0 Å². The molecule has 0 spiro atoms. The van der Waals surface area contributed by atoms with Crippen LogP contribution in [0, 0.1) is 0 Å². The Morgan fingerprint density at radius 1 is 1.22 bits per heavy atom. The van der Waals surface area contributed by atoms with Crippen LogP contribution >= 0.6 is 0 Å². The fourth-order valence-corrected chi connectivity index (χ4v) is 2.55. The van der Waals surface area contributed by atoms with Crippen LogP contribution in [0.1, 0.15) is 29.9 Å². The number of hydrogen-bond donors (Lipinski definition) is 1. The molecular weight excluding hydrogens is 352 g/mol. The van der Waals surface area contributed by atoms with E-state index in [0.717, 1.165) is 4.68 Å². The van der Waals surface area contributed by atoms with Gasteiger partial charge in [0.2, 0.25) is 0 Å². The van der Waals surface area contributed by atoms with Gasteiger partial charge in [-0.15, -0.1) is 5.10 Å². The predicted octanol–water partition coefficient (Wildman–Crippen LogP) is 0.437. The number of aromatic nitrogens is 6. The fourth-order valence-electron chi connectivity index (χ4n) is 2.55. The van der Waals surface area contributed by atoms with Crippen LogP contribution in [-0.2, 0) is 17.4 Å². The Bertz CT molecular complexity index is 1060. The van der Waals surface area contributed by atoms with Gasteiger partial charge in [0.15, 0.2) is 5.69 Å². The van der Waals surface area contributed by atoms with Crippen molar-refractivity contribution in [3.8, 4) is 16.9 Å². The van der Waals surface area contributed by atoms with Gasteiger partial charge in [0.1, 0.15) is 0 Å². The molecule has 0 bridgehead atoms. The SMILES string of the molecule is COC(=O)c1cc(C(C)(C)O)c(=O)n(-c2cncc(-c3cnnn3C)c2)n1. The van der Waals surface area contributed by atoms with Gasteiger partial charge in [-0.05, 0) is 26.0 Å². The highest BCUT2D eigenvalue weighted by molar-refractivity contribution is 5.87. The third-order valence-corrected chi connectivity index (χ3v) is 3.94. The molecule has 0 aromatic carbocycles. The second-order valence-electron chi connectivity index (χ2n) is 6.39. The van der Waals surface area contributed by atoms with Gasteiger partial charge < -0.3 is 9.84 Å². The molecule has 10 heteroatoms. The van der Waals surface area contributed by atoms with E-state index in [1.165, 1.54) is 33.2 Å². The van der Waals surface area contributed by atoms with E-state index in [2.05, 4.69) is 20.4 Å². The molecule has 0 unspecified atom stereocenters. The third-order valence-electron chi connectivity index (χ3n) is 3.94. The maximum Gasteiger partial charge on any atom is 0.358 e. The number of aliphatic hydroxyl groups is 1. The second-order valence-corrected chi connectivity index (χ2v) is 6.39. The Labute approximate surface area is 154 Å². The van der Waals surface area contributed by atoms with Crippen LogP contribution < -0.4 is 5.56 Å². The Hall–Kier alpha value is -3.40. The number of ether oxygens (including phenoxy) is 1. The zero-order valence-corrected chi connectivity index (χ0v) is 15.2. The van der Waals surface area contributed by atoms with Gasteiger partial charge in [-0.2, -0.15) is 9.78 Å². The molecule has 1 N–H and O–H groups in total. The minimum absolute atomic E-state index is 0.00510. The summed E-state index contributed by atoms with van der Waals surface area (Å²) in [5.41, 5.74) is -0.507. The van der Waals surface area contributed by atoms with Gasteiger partial charge in [0.25, 0.3) is 5.56 Å². The van der Waals surface area contributed by atoms with Crippen molar-refractivity contribution in [1.82, 2.24) is 29.8 Å². The Morgan fingerprint density at radius 2 is 1.96 bits per heavy atom. The van der Waals surface area contributed by atoms with Gasteiger partial charge in [-0.25, -0.2) is 9.48 Å². The normalized spacial score (nSPS) is 11.4. The molecular formula is C17H18N6O4. The van der Waals surface area contributed by atoms with E-state index in [4.69, 9.17) is 4.74 Å². The number of rotatable bonds is 4. The highest BCUT2D eigenvalue weighted by atomic mass is 16.5. The van der Waals surface area contributed by atoms with Crippen LogP contribution in [0.4, 0.5) is 0 Å². The summed E-state index contributed by atoms with van der Waals surface area (Å²) >= 11 is 0. The van der Waals surface area contributed by atoms with Crippen molar-refractivity contribution in [2.45, 2.75) is 19.4 Å². The van der Waals surface area contributed by atoms with Crippen molar-refractivity contribution < 1.29 is 14.6 Å². The molecule has 0 radical (unpaired) electrons. The zero-order chi connectivity index (χ0) is 19.8. The molecule has 3 aromatic rings. The van der Waals surface area contributed by atoms with Gasteiger partial charge in [-0.1, -0.05) is 5.21 Å². The lowest BCUT2D eigenvalue weighted by Crippen LogP contribution is -2.34. The lowest BCUT2D eigenvalue weighted by atomic mass is 10.00. The smallest absolute Gasteiger partial charge is 0.358 e. The van der Waals surface area contributed by atoms with Crippen molar-refractivity contribution in [3.63, 3.8) is 0 Å². The van der Waals surface area contributed by atoms with Crippen LogP contribution in [0.15, 0.2) is 35.5 Å². The summed E-state index contributed by atoms with van der Waals surface area (Å²) in [6.07, 6.45) is 4.58. The van der Waals surface area contributed by atoms with E-state index in [1.807, 2.05) is 0 Å². The highest BCUT2D eigenvalue weighted by Crippen LogP contribution is 2.20. The largest absolute Gasteiger partial charge is 0.464 e. The summed E-state index contributed by atoms with van der Waals surface area (Å²) in [5, 5.41) is 22.1. The van der Waals surface area contributed by atoms with Gasteiger partial charge >= 0.3 is 5.97 Å². The molecule has 3 aromatic heterocycles. The topological polar surface area (TPSA) is 125 Å². The number of hydrogen-bond acceptors (Lipinski definition) is 8. The van der Waals surface area contributed by atoms with E-state index in [1.54, 1.807) is 30.2 Å². The molecule has 10 nitrogen and oxygen atoms in total. The molecule has 0 saturated carbocycles. The minimum Gasteiger partial charge on any atom is -0.464 e. The molecule has 140 valence electrons. The molecule has 0 amide bonds. The maximum absolute atomic E-state index is 12.9. The lowest BCUT2D eigenvalue weighted by molar-refractivity contribution is 0.0587. The zero-order valence-electron chi connectivity index (χ0n) is 15.2. The monoisotopic (exact) mass is 370 g/mol. The molecule has 0 aliphatic rings. The van der Waals surface area contributed by atoms with Crippen molar-refractivity contribution in [2.75, 3.05) is 7.11 Å². The average Bonchev–Trinajstić information content (AvgIpc) is 3.06. The van der Waals surface area contributed by atoms with E-state index in [0.29, 0.717) is 16.9 Å². The minimum atomic E-state index is -1.48. The number of esters is 1. The van der Waals surface area contributed by atoms with Gasteiger partial charge in [-0.3, -0.25) is 9.78 Å². The van der Waals surface area contributed by atoms with Crippen LogP contribution in [0.25, 0.3) is 16.9 Å². The molecule has 0 saturated heterocycles. The summed E-state index contributed by atoms with van der Waals surface area (Å²) in [6, 6.07) is 2.89. The quantitative estimate of drug-likeness (QED) is 0.656. The van der Waals surface area contributed by atoms with E-state index in [9.17, 15) is 14.7 Å². The van der Waals surface area contributed by atoms with E-state index < -0.39 is 17.1 Å². The maximum atomic E-state index is 12.9. The Balaban J connectivity index is 2.24. The summed E-state index contributed by atoms with van der Waals surface area (Å²) in [4.78, 5) is 29.0. The van der Waals surface area contributed by atoms with Crippen LogP contribution in [0.2, 0.25) is 0 Å². The van der Waals surface area contributed by atoms with Crippen molar-refractivity contribution in [3.05, 3.63) is 52.3 Å². The summed E-state index contributed by atoms with van der Waals surface area (Å²) in [5.74, 6) is -0.728. The number of nitrogens with zero attached hydrogens (tertiary/aromatic N) is 6. The third kappa shape index (κ3) is 3.47. The van der Waals surface area contributed by atoms with Crippen LogP contribution in [0.5, 0.6) is 0 Å². The Morgan fingerprint density at radius 3 is 2.56 bits per heavy atom. The van der Waals surface area contributed by atoms with E-state index in [-0.39, 0.29) is 11.3 Å². The molecule has 0 atom stereocenters. The van der Waals surface area contributed by atoms with Crippen molar-refractivity contribution >= 4 is 5.97 Å². The molecule has 0 aliphatic heterocycles. The number of methoxy groups -OCH3 is 1. The summed E-state index contributed by atoms with van der Waals surface area (Å²) < 4.78 is 7.27. The van der Waals surface area contributed by atoms with Gasteiger partial charge in [0, 0.05) is 18.8 Å². The first-order valence-electron chi connectivity index (χ1n) is 7.98. The molecule has 3 heterocycles. The van der Waals surface area contributed by atoms with Crippen LogP contribution in [0.3, 0.4) is 0 Å². The van der Waals surface area contributed by atoms with Gasteiger partial charge in [0.05, 0.1) is 42.0 Å². The van der Waals surface area contributed by atoms with Crippen LogP contribution in [-0.4, -0.2) is 47.9 Å².